The highest BCUT2D eigenvalue weighted by Gasteiger charge is 2.20. The summed E-state index contributed by atoms with van der Waals surface area (Å²) in [5, 5.41) is 0.607. The zero-order valence-corrected chi connectivity index (χ0v) is 18.2. The van der Waals surface area contributed by atoms with Crippen LogP contribution in [0.15, 0.2) is 65.6 Å². The van der Waals surface area contributed by atoms with E-state index in [2.05, 4.69) is 0 Å². The van der Waals surface area contributed by atoms with Gasteiger partial charge in [-0.1, -0.05) is 54.1 Å². The Morgan fingerprint density at radius 3 is 2.43 bits per heavy atom. The Kier molecular flexibility index (Phi) is 5.26. The van der Waals surface area contributed by atoms with Gasteiger partial charge >= 0.3 is 0 Å². The fraction of sp³-hybridized carbons (Fsp3) is 0.125. The lowest BCUT2D eigenvalue weighted by Crippen LogP contribution is -2.29. The molecular formula is C24H20ClNO3S. The number of sulfone groups is 1. The van der Waals surface area contributed by atoms with Crippen LogP contribution in [0.2, 0.25) is 5.02 Å². The summed E-state index contributed by atoms with van der Waals surface area (Å²) in [4.78, 5) is 14.4. The predicted molar refractivity (Wildman–Crippen MR) is 122 cm³/mol. The molecule has 0 fully saturated rings. The Bertz CT molecular complexity index is 1300. The van der Waals surface area contributed by atoms with Crippen molar-refractivity contribution in [3.05, 3.63) is 82.4 Å². The Morgan fingerprint density at radius 1 is 0.967 bits per heavy atom. The molecule has 3 aromatic carbocycles. The van der Waals surface area contributed by atoms with Crippen molar-refractivity contribution in [2.45, 2.75) is 18.4 Å². The molecule has 1 heterocycles. The topological polar surface area (TPSA) is 54.5 Å². The Hall–Kier alpha value is -2.89. The number of rotatable bonds is 2. The van der Waals surface area contributed by atoms with Gasteiger partial charge in [-0.15, -0.1) is 0 Å². The Morgan fingerprint density at radius 2 is 1.70 bits per heavy atom. The summed E-state index contributed by atoms with van der Waals surface area (Å²) in [7, 11) is -3.38. The van der Waals surface area contributed by atoms with Crippen LogP contribution in [-0.2, 0) is 21.2 Å². The van der Waals surface area contributed by atoms with Crippen LogP contribution in [0.25, 0.3) is 23.3 Å². The lowest BCUT2D eigenvalue weighted by atomic mass is 9.96. The molecule has 0 atom stereocenters. The van der Waals surface area contributed by atoms with Crippen molar-refractivity contribution in [1.29, 1.82) is 0 Å². The van der Waals surface area contributed by atoms with Crippen LogP contribution in [0.5, 0.6) is 0 Å². The monoisotopic (exact) mass is 437 g/mol. The van der Waals surface area contributed by atoms with E-state index in [9.17, 15) is 13.2 Å². The van der Waals surface area contributed by atoms with Crippen LogP contribution < -0.4 is 4.90 Å². The fourth-order valence-electron chi connectivity index (χ4n) is 3.72. The third-order valence-electron chi connectivity index (χ3n) is 5.17. The van der Waals surface area contributed by atoms with Gasteiger partial charge in [0, 0.05) is 23.8 Å². The van der Waals surface area contributed by atoms with E-state index in [1.54, 1.807) is 29.2 Å². The lowest BCUT2D eigenvalue weighted by molar-refractivity contribution is -0.116. The highest BCUT2D eigenvalue weighted by molar-refractivity contribution is 7.90. The van der Waals surface area contributed by atoms with Crippen molar-refractivity contribution in [2.75, 3.05) is 11.2 Å². The van der Waals surface area contributed by atoms with Crippen molar-refractivity contribution in [3.63, 3.8) is 0 Å². The maximum Gasteiger partial charge on any atom is 0.224 e. The molecule has 30 heavy (non-hydrogen) atoms. The number of carbonyl (C=O) groups is 1. The first-order chi connectivity index (χ1) is 14.2. The first-order valence-corrected chi connectivity index (χ1v) is 11.7. The standard InChI is InChI=1S/C24H20ClNO3S/c1-16(27)26-15-20-13-18(22-5-3-4-6-24(22)30(2,28)29)9-7-17(20)8-10-19-14-21(25)11-12-23(19)26/h3-14H,15H2,1-2H3. The number of amides is 1. The van der Waals surface area contributed by atoms with Crippen LogP contribution in [-0.4, -0.2) is 20.6 Å². The number of nitrogens with zero attached hydrogens (tertiary/aromatic N) is 1. The number of fused-ring (bicyclic) bond motifs is 2. The number of hydrogen-bond acceptors (Lipinski definition) is 3. The minimum atomic E-state index is -3.38. The lowest BCUT2D eigenvalue weighted by Gasteiger charge is -2.26. The molecule has 0 radical (unpaired) electrons. The van der Waals surface area contributed by atoms with E-state index < -0.39 is 9.84 Å². The molecule has 6 heteroatoms. The molecule has 3 aromatic rings. The second-order valence-electron chi connectivity index (χ2n) is 7.32. The minimum Gasteiger partial charge on any atom is -0.308 e. The predicted octanol–water partition coefficient (Wildman–Crippen LogP) is 5.45. The van der Waals surface area contributed by atoms with Gasteiger partial charge in [-0.25, -0.2) is 8.42 Å². The van der Waals surface area contributed by atoms with E-state index in [0.29, 0.717) is 17.1 Å². The molecule has 1 aliphatic rings. The van der Waals surface area contributed by atoms with Crippen molar-refractivity contribution < 1.29 is 13.2 Å². The zero-order valence-electron chi connectivity index (χ0n) is 16.6. The quantitative estimate of drug-likeness (QED) is 0.535. The average Bonchev–Trinajstić information content (AvgIpc) is 2.69. The summed E-state index contributed by atoms with van der Waals surface area (Å²) in [6, 6.07) is 18.2. The summed E-state index contributed by atoms with van der Waals surface area (Å²) < 4.78 is 24.5. The van der Waals surface area contributed by atoms with E-state index in [0.717, 1.165) is 27.9 Å². The van der Waals surface area contributed by atoms with Crippen molar-refractivity contribution in [2.24, 2.45) is 0 Å². The van der Waals surface area contributed by atoms with E-state index in [-0.39, 0.29) is 10.8 Å². The van der Waals surface area contributed by atoms with Gasteiger partial charge in [-0.2, -0.15) is 0 Å². The first kappa shape index (κ1) is 20.4. The summed E-state index contributed by atoms with van der Waals surface area (Å²) in [5.74, 6) is -0.0817. The summed E-state index contributed by atoms with van der Waals surface area (Å²) in [5.41, 5.74) is 5.00. The molecular weight excluding hydrogens is 418 g/mol. The normalized spacial score (nSPS) is 13.2. The number of hydrogen-bond donors (Lipinski definition) is 0. The van der Waals surface area contributed by atoms with Gasteiger partial charge in [-0.05, 0) is 52.6 Å². The van der Waals surface area contributed by atoms with Gasteiger partial charge in [0.15, 0.2) is 9.84 Å². The van der Waals surface area contributed by atoms with Gasteiger partial charge in [0.1, 0.15) is 0 Å². The number of carbonyl (C=O) groups excluding carboxylic acids is 1. The van der Waals surface area contributed by atoms with Gasteiger partial charge < -0.3 is 4.90 Å². The van der Waals surface area contributed by atoms with E-state index in [4.69, 9.17) is 11.6 Å². The van der Waals surface area contributed by atoms with Crippen molar-refractivity contribution >= 4 is 45.2 Å². The second kappa shape index (κ2) is 7.74. The van der Waals surface area contributed by atoms with Crippen molar-refractivity contribution in [1.82, 2.24) is 0 Å². The average molecular weight is 438 g/mol. The molecule has 4 rings (SSSR count). The van der Waals surface area contributed by atoms with Gasteiger partial charge in [0.05, 0.1) is 17.1 Å². The molecule has 152 valence electrons. The maximum absolute atomic E-state index is 12.5. The highest BCUT2D eigenvalue weighted by Crippen LogP contribution is 2.34. The molecule has 0 spiro atoms. The third kappa shape index (κ3) is 3.91. The fourth-order valence-corrected chi connectivity index (χ4v) is 4.81. The molecule has 0 aliphatic carbocycles. The van der Waals surface area contributed by atoms with Crippen LogP contribution in [0.3, 0.4) is 0 Å². The second-order valence-corrected chi connectivity index (χ2v) is 9.74. The van der Waals surface area contributed by atoms with Crippen LogP contribution in [0.4, 0.5) is 5.69 Å². The molecule has 4 nitrogen and oxygen atoms in total. The van der Waals surface area contributed by atoms with Crippen molar-refractivity contribution in [3.8, 4) is 11.1 Å². The first-order valence-electron chi connectivity index (χ1n) is 9.42. The van der Waals surface area contributed by atoms with E-state index >= 15 is 0 Å². The third-order valence-corrected chi connectivity index (χ3v) is 6.56. The molecule has 0 bridgehead atoms. The van der Waals surface area contributed by atoms with Gasteiger partial charge in [0.25, 0.3) is 0 Å². The maximum atomic E-state index is 12.5. The molecule has 1 aliphatic heterocycles. The van der Waals surface area contributed by atoms with Crippen LogP contribution in [0.1, 0.15) is 23.6 Å². The summed E-state index contributed by atoms with van der Waals surface area (Å²) in [6.45, 7) is 1.91. The Balaban J connectivity index is 1.88. The largest absolute Gasteiger partial charge is 0.308 e. The van der Waals surface area contributed by atoms with Crippen LogP contribution in [0, 0.1) is 0 Å². The molecule has 0 aromatic heterocycles. The number of halogens is 1. The molecule has 0 saturated carbocycles. The molecule has 0 saturated heterocycles. The van der Waals surface area contributed by atoms with E-state index in [1.165, 1.54) is 13.2 Å². The Labute approximate surface area is 181 Å². The van der Waals surface area contributed by atoms with Gasteiger partial charge in [-0.3, -0.25) is 4.79 Å². The smallest absolute Gasteiger partial charge is 0.224 e. The summed E-state index contributed by atoms with van der Waals surface area (Å²) >= 11 is 6.15. The molecule has 0 unspecified atom stereocenters. The SMILES string of the molecule is CC(=O)N1Cc2cc(-c3ccccc3S(C)(=O)=O)ccc2C=Cc2cc(Cl)ccc21. The minimum absolute atomic E-state index is 0.0817. The molecule has 0 N–H and O–H groups in total. The number of anilines is 1. The van der Waals surface area contributed by atoms with Gasteiger partial charge in [0.2, 0.25) is 5.91 Å². The van der Waals surface area contributed by atoms with E-state index in [1.807, 2.05) is 48.6 Å². The highest BCUT2D eigenvalue weighted by atomic mass is 35.5. The van der Waals surface area contributed by atoms with Crippen LogP contribution >= 0.6 is 11.6 Å². The summed E-state index contributed by atoms with van der Waals surface area (Å²) in [6.07, 6.45) is 5.15. The zero-order chi connectivity index (χ0) is 21.5. The molecule has 1 amide bonds. The number of benzene rings is 3.